The average Bonchev–Trinajstić information content (AvgIpc) is 3.19. The molecule has 1 aromatic heterocycles. The van der Waals surface area contributed by atoms with Crippen LogP contribution in [-0.4, -0.2) is 47.1 Å². The first-order valence-electron chi connectivity index (χ1n) is 10.8. The van der Waals surface area contributed by atoms with Crippen LogP contribution in [0, 0.1) is 34.5 Å². The van der Waals surface area contributed by atoms with Crippen molar-refractivity contribution in [1.29, 1.82) is 5.26 Å². The van der Waals surface area contributed by atoms with E-state index in [0.717, 1.165) is 38.5 Å². The average molecular weight is 409 g/mol. The first kappa shape index (κ1) is 19.2. The van der Waals surface area contributed by atoms with E-state index in [9.17, 15) is 9.59 Å². The van der Waals surface area contributed by atoms with E-state index in [4.69, 9.17) is 15.7 Å². The van der Waals surface area contributed by atoms with Crippen molar-refractivity contribution in [3.05, 3.63) is 23.9 Å². The Morgan fingerprint density at radius 1 is 1.27 bits per heavy atom. The number of hydrogen-bond donors (Lipinski definition) is 2. The van der Waals surface area contributed by atoms with Gasteiger partial charge in [-0.1, -0.05) is 0 Å². The molecule has 5 aliphatic rings. The maximum atomic E-state index is 12.9. The summed E-state index contributed by atoms with van der Waals surface area (Å²) in [5, 5.41) is 12.2. The Morgan fingerprint density at radius 2 is 2.03 bits per heavy atom. The number of rotatable bonds is 4. The molecule has 4 saturated carbocycles. The summed E-state index contributed by atoms with van der Waals surface area (Å²) in [5.41, 5.74) is 5.90. The highest BCUT2D eigenvalue weighted by Gasteiger charge is 2.59. The number of aromatic nitrogens is 1. The number of anilines is 1. The van der Waals surface area contributed by atoms with E-state index < -0.39 is 0 Å². The van der Waals surface area contributed by atoms with Gasteiger partial charge in [0.15, 0.2) is 0 Å². The Morgan fingerprint density at radius 3 is 2.67 bits per heavy atom. The lowest BCUT2D eigenvalue weighted by Crippen LogP contribution is -2.59. The number of hydrogen-bond acceptors (Lipinski definition) is 6. The van der Waals surface area contributed by atoms with Gasteiger partial charge >= 0.3 is 6.09 Å². The van der Waals surface area contributed by atoms with Gasteiger partial charge in [-0.05, 0) is 68.4 Å². The molecule has 2 heterocycles. The van der Waals surface area contributed by atoms with Gasteiger partial charge in [0.1, 0.15) is 18.0 Å². The van der Waals surface area contributed by atoms with Gasteiger partial charge in [0, 0.05) is 25.3 Å². The highest BCUT2D eigenvalue weighted by molar-refractivity contribution is 5.81. The lowest BCUT2D eigenvalue weighted by molar-refractivity contribution is -0.161. The molecule has 1 aliphatic heterocycles. The predicted molar refractivity (Wildman–Crippen MR) is 108 cm³/mol. The summed E-state index contributed by atoms with van der Waals surface area (Å²) in [6.45, 7) is 1.21. The van der Waals surface area contributed by atoms with E-state index in [2.05, 4.69) is 16.4 Å². The first-order chi connectivity index (χ1) is 14.5. The van der Waals surface area contributed by atoms with E-state index in [1.165, 1.54) is 6.20 Å². The van der Waals surface area contributed by atoms with Crippen molar-refractivity contribution in [2.45, 2.75) is 50.7 Å². The third-order valence-electron chi connectivity index (χ3n) is 7.64. The molecule has 158 valence electrons. The highest BCUT2D eigenvalue weighted by atomic mass is 16.6. The molecule has 4 bridgehead atoms. The lowest BCUT2D eigenvalue weighted by atomic mass is 9.48. The van der Waals surface area contributed by atoms with Crippen LogP contribution >= 0.6 is 0 Å². The number of carbonyl (C=O) groups is 2. The zero-order valence-electron chi connectivity index (χ0n) is 16.9. The van der Waals surface area contributed by atoms with Gasteiger partial charge in [-0.25, -0.2) is 9.78 Å². The second-order valence-electron chi connectivity index (χ2n) is 9.58. The summed E-state index contributed by atoms with van der Waals surface area (Å²) >= 11 is 0. The van der Waals surface area contributed by atoms with E-state index in [1.807, 2.05) is 0 Å². The van der Waals surface area contributed by atoms with Crippen molar-refractivity contribution in [1.82, 2.24) is 9.88 Å². The van der Waals surface area contributed by atoms with Gasteiger partial charge in [0.25, 0.3) is 0 Å². The number of nitrogens with zero attached hydrogens (tertiary/aromatic N) is 3. The number of nitriles is 1. The molecule has 4 aliphatic carbocycles. The molecule has 1 aromatic rings. The van der Waals surface area contributed by atoms with Crippen LogP contribution in [0.25, 0.3) is 0 Å². The Hall–Kier alpha value is -2.82. The van der Waals surface area contributed by atoms with Crippen LogP contribution in [0.2, 0.25) is 0 Å². The summed E-state index contributed by atoms with van der Waals surface area (Å²) in [5.74, 6) is 1.59. The highest BCUT2D eigenvalue weighted by Crippen LogP contribution is 2.60. The predicted octanol–water partition coefficient (Wildman–Crippen LogP) is 2.26. The summed E-state index contributed by atoms with van der Waals surface area (Å²) in [4.78, 5) is 31.0. The van der Waals surface area contributed by atoms with Gasteiger partial charge in [0.2, 0.25) is 5.91 Å². The first-order valence-corrected chi connectivity index (χ1v) is 10.8. The molecule has 0 radical (unpaired) electrons. The molecule has 1 unspecified atom stereocenters. The molecule has 2 amide bonds. The summed E-state index contributed by atoms with van der Waals surface area (Å²) in [6, 6.07) is 5.66. The number of carbonyl (C=O) groups excluding carboxylic acids is 2. The minimum Gasteiger partial charge on any atom is -0.446 e. The van der Waals surface area contributed by atoms with Gasteiger partial charge in [-0.15, -0.1) is 0 Å². The van der Waals surface area contributed by atoms with Crippen LogP contribution < -0.4 is 11.1 Å². The lowest BCUT2D eigenvalue weighted by Gasteiger charge is -2.58. The van der Waals surface area contributed by atoms with Crippen molar-refractivity contribution in [3.63, 3.8) is 0 Å². The third kappa shape index (κ3) is 3.26. The van der Waals surface area contributed by atoms with Gasteiger partial charge < -0.3 is 20.7 Å². The smallest absolute Gasteiger partial charge is 0.410 e. The molecular weight excluding hydrogens is 382 g/mol. The summed E-state index contributed by atoms with van der Waals surface area (Å²) in [7, 11) is 0. The minimum absolute atomic E-state index is 0.0891. The number of pyridine rings is 1. The second kappa shape index (κ2) is 7.15. The number of nitrogens with one attached hydrogen (secondary N) is 1. The maximum absolute atomic E-state index is 12.9. The molecule has 0 spiro atoms. The standard InChI is InChI=1S/C22H27N5O3/c23-10-13-1-2-18(25-11-13)26-17-3-4-27(12-17)21(29)30-19-15-5-14-6-16(19)9-22(7-14,8-15)20(24)28/h1-2,11,14-17,19H,3-9,12H2,(H2,24,28)(H,25,26)/t14?,15-,16-,17?,19?,22?/m1/s1. The topological polar surface area (TPSA) is 121 Å². The largest absolute Gasteiger partial charge is 0.446 e. The quantitative estimate of drug-likeness (QED) is 0.787. The summed E-state index contributed by atoms with van der Waals surface area (Å²) in [6.07, 6.45) is 6.54. The van der Waals surface area contributed by atoms with Crippen LogP contribution in [-0.2, 0) is 9.53 Å². The maximum Gasteiger partial charge on any atom is 0.410 e. The van der Waals surface area contributed by atoms with E-state index in [-0.39, 0.29) is 41.4 Å². The van der Waals surface area contributed by atoms with Crippen molar-refractivity contribution in [3.8, 4) is 6.07 Å². The molecule has 30 heavy (non-hydrogen) atoms. The van der Waals surface area contributed by atoms with Crippen LogP contribution in [0.5, 0.6) is 0 Å². The third-order valence-corrected chi connectivity index (χ3v) is 7.64. The molecule has 6 rings (SSSR count). The zero-order chi connectivity index (χ0) is 20.9. The number of likely N-dealkylation sites (tertiary alicyclic amines) is 1. The fraction of sp³-hybridized carbons (Fsp3) is 0.636. The Kier molecular flexibility index (Phi) is 4.57. The number of nitrogens with two attached hydrogens (primary N) is 1. The monoisotopic (exact) mass is 409 g/mol. The number of amides is 2. The molecule has 3 atom stereocenters. The minimum atomic E-state index is -0.365. The molecule has 5 fully saturated rings. The van der Waals surface area contributed by atoms with Crippen LogP contribution in [0.15, 0.2) is 18.3 Å². The zero-order valence-corrected chi connectivity index (χ0v) is 16.9. The van der Waals surface area contributed by atoms with Crippen molar-refractivity contribution >= 4 is 17.8 Å². The van der Waals surface area contributed by atoms with Crippen LogP contribution in [0.3, 0.4) is 0 Å². The van der Waals surface area contributed by atoms with Gasteiger partial charge in [-0.2, -0.15) is 5.26 Å². The van der Waals surface area contributed by atoms with Gasteiger partial charge in [-0.3, -0.25) is 4.79 Å². The fourth-order valence-corrected chi connectivity index (χ4v) is 6.46. The van der Waals surface area contributed by atoms with Crippen LogP contribution in [0.4, 0.5) is 10.6 Å². The van der Waals surface area contributed by atoms with Gasteiger partial charge in [0.05, 0.1) is 11.0 Å². The van der Waals surface area contributed by atoms with Crippen molar-refractivity contribution < 1.29 is 14.3 Å². The molecule has 8 heteroatoms. The van der Waals surface area contributed by atoms with Crippen molar-refractivity contribution in [2.75, 3.05) is 18.4 Å². The normalized spacial score (nSPS) is 36.4. The Bertz CT molecular complexity index is 879. The second-order valence-corrected chi connectivity index (χ2v) is 9.58. The summed E-state index contributed by atoms with van der Waals surface area (Å²) < 4.78 is 6.02. The van der Waals surface area contributed by atoms with Crippen molar-refractivity contribution in [2.24, 2.45) is 28.9 Å². The molecule has 8 nitrogen and oxygen atoms in total. The molecule has 3 N–H and O–H groups in total. The number of primary amides is 1. The molecule has 1 saturated heterocycles. The molecule has 0 aromatic carbocycles. The SMILES string of the molecule is N#Cc1ccc(NC2CCN(C(=O)OC3[C@@H]4CC5C[C@@H]3CC(C(N)=O)(C5)C4)C2)nc1. The van der Waals surface area contributed by atoms with Crippen LogP contribution in [0.1, 0.15) is 44.1 Å². The Balaban J connectivity index is 1.18. The Labute approximate surface area is 175 Å². The molecular formula is C22H27N5O3. The van der Waals surface area contributed by atoms with E-state index in [1.54, 1.807) is 17.0 Å². The number of ether oxygens (including phenoxy) is 1. The van der Waals surface area contributed by atoms with E-state index >= 15 is 0 Å². The fourth-order valence-electron chi connectivity index (χ4n) is 6.46. The van der Waals surface area contributed by atoms with E-state index in [0.29, 0.717) is 30.4 Å².